The molecular formula is C20H18F6N2O4P+. The molecule has 0 spiro atoms. The molecule has 1 aliphatic rings. The molecule has 3 atom stereocenters. The smallest absolute Gasteiger partial charge is 0.371 e. The third-order valence-corrected chi connectivity index (χ3v) is 5.93. The topological polar surface area (TPSA) is 78.9 Å². The van der Waals surface area contributed by atoms with Crippen molar-refractivity contribution in [3.63, 3.8) is 0 Å². The van der Waals surface area contributed by atoms with Crippen molar-refractivity contribution < 1.29 is 45.3 Å². The quantitative estimate of drug-likeness (QED) is 0.417. The van der Waals surface area contributed by atoms with Crippen molar-refractivity contribution in [3.05, 3.63) is 70.8 Å². The Kier molecular flexibility index (Phi) is 6.74. The predicted molar refractivity (Wildman–Crippen MR) is 104 cm³/mol. The Bertz CT molecular complexity index is 1010. The van der Waals surface area contributed by atoms with Crippen LogP contribution in [0.25, 0.3) is 0 Å². The number of alkyl halides is 6. The van der Waals surface area contributed by atoms with Gasteiger partial charge >= 0.3 is 26.6 Å². The van der Waals surface area contributed by atoms with Crippen LogP contribution < -0.4 is 5.32 Å². The van der Waals surface area contributed by atoms with Crippen molar-refractivity contribution >= 4 is 14.2 Å². The number of hydrogen-bond donors (Lipinski definition) is 2. The summed E-state index contributed by atoms with van der Waals surface area (Å²) in [7, 11) is -3.03. The van der Waals surface area contributed by atoms with Gasteiger partial charge in [0.05, 0.1) is 23.8 Å². The molecule has 33 heavy (non-hydrogen) atoms. The van der Waals surface area contributed by atoms with Crippen molar-refractivity contribution in [1.82, 2.24) is 9.99 Å². The van der Waals surface area contributed by atoms with E-state index in [1.807, 2.05) is 0 Å². The predicted octanol–water partition coefficient (Wildman–Crippen LogP) is 5.37. The molecule has 6 nitrogen and oxygen atoms in total. The fourth-order valence-electron chi connectivity index (χ4n) is 3.44. The van der Waals surface area contributed by atoms with Crippen LogP contribution in [-0.2, 0) is 27.2 Å². The molecule has 2 amide bonds. The van der Waals surface area contributed by atoms with Crippen molar-refractivity contribution in [3.8, 4) is 0 Å². The molecule has 1 aliphatic heterocycles. The Morgan fingerprint density at radius 1 is 1.09 bits per heavy atom. The second-order valence-corrected chi connectivity index (χ2v) is 8.47. The molecule has 178 valence electrons. The van der Waals surface area contributed by atoms with Gasteiger partial charge in [0.15, 0.2) is 0 Å². The summed E-state index contributed by atoms with van der Waals surface area (Å²) in [6.07, 6.45) is -11.2. The third-order valence-electron chi connectivity index (χ3n) is 5.19. The number of hydrogen-bond acceptors (Lipinski definition) is 3. The molecule has 2 N–H and O–H groups in total. The highest BCUT2D eigenvalue weighted by molar-refractivity contribution is 7.36. The molecule has 1 heterocycles. The highest BCUT2D eigenvalue weighted by atomic mass is 31.1. The zero-order valence-corrected chi connectivity index (χ0v) is 17.8. The number of carbonyl (C=O) groups excluding carboxylic acids is 1. The van der Waals surface area contributed by atoms with Gasteiger partial charge in [0.2, 0.25) is 0 Å². The first-order valence-corrected chi connectivity index (χ1v) is 10.6. The monoisotopic (exact) mass is 495 g/mol. The zero-order chi connectivity index (χ0) is 24.6. The number of nitrogens with zero attached hydrogens (tertiary/aromatic N) is 1. The molecule has 1 saturated heterocycles. The van der Waals surface area contributed by atoms with E-state index >= 15 is 0 Å². The second-order valence-electron chi connectivity index (χ2n) is 7.48. The van der Waals surface area contributed by atoms with Crippen LogP contribution >= 0.6 is 8.18 Å². The van der Waals surface area contributed by atoms with Gasteiger partial charge in [-0.25, -0.2) is 4.79 Å². The standard InChI is InChI=1S/C20H17F6N2O4P/c1-12(13-7-15(19(21,22)23)9-16(8-13)20(24,25)26)32-11-18(14-5-3-2-4-6-14)10-28(33(30)31)17(29)27-18/h2-9,12H,10-11H2,1H3,(H-,27,29,30,31)/p+1. The van der Waals surface area contributed by atoms with Crippen molar-refractivity contribution in [1.29, 1.82) is 0 Å². The first kappa shape index (κ1) is 24.9. The number of urea groups is 1. The SMILES string of the molecule is CC(OCC1(c2ccccc2)CN([P+](=O)O)C(=O)N1)c1cc(C(F)(F)F)cc(C(F)(F)F)c1. The Labute approximate surface area is 185 Å². The van der Waals surface area contributed by atoms with Crippen molar-refractivity contribution in [2.75, 3.05) is 13.2 Å². The van der Waals surface area contributed by atoms with E-state index in [0.717, 1.165) is 0 Å². The van der Waals surface area contributed by atoms with Gasteiger partial charge in [-0.3, -0.25) is 0 Å². The minimum absolute atomic E-state index is 0.0224. The van der Waals surface area contributed by atoms with Crippen LogP contribution in [0, 0.1) is 0 Å². The number of ether oxygens (including phenoxy) is 1. The molecule has 2 aromatic carbocycles. The number of amides is 2. The zero-order valence-electron chi connectivity index (χ0n) is 16.9. The first-order valence-electron chi connectivity index (χ1n) is 9.45. The highest BCUT2D eigenvalue weighted by Crippen LogP contribution is 2.39. The molecule has 0 aromatic heterocycles. The van der Waals surface area contributed by atoms with E-state index in [1.165, 1.54) is 6.92 Å². The lowest BCUT2D eigenvalue weighted by atomic mass is 9.91. The average Bonchev–Trinajstić information content (AvgIpc) is 3.09. The lowest BCUT2D eigenvalue weighted by molar-refractivity contribution is -0.143. The number of rotatable bonds is 6. The highest BCUT2D eigenvalue weighted by Gasteiger charge is 2.52. The summed E-state index contributed by atoms with van der Waals surface area (Å²) in [5, 5.41) is 2.55. The summed E-state index contributed by atoms with van der Waals surface area (Å²) in [6, 6.07) is 8.46. The number of benzene rings is 2. The molecular weight excluding hydrogens is 477 g/mol. The summed E-state index contributed by atoms with van der Waals surface area (Å²) < 4.78 is 96.8. The number of halogens is 6. The van der Waals surface area contributed by atoms with Gasteiger partial charge in [-0.15, -0.1) is 4.89 Å². The van der Waals surface area contributed by atoms with E-state index < -0.39 is 49.3 Å². The molecule has 3 unspecified atom stereocenters. The van der Waals surface area contributed by atoms with Crippen LogP contribution in [0.1, 0.15) is 35.3 Å². The Balaban J connectivity index is 1.92. The van der Waals surface area contributed by atoms with Gasteiger partial charge in [-0.1, -0.05) is 35.0 Å². The molecule has 0 saturated carbocycles. The van der Waals surface area contributed by atoms with Crippen molar-refractivity contribution in [2.24, 2.45) is 0 Å². The maximum Gasteiger partial charge on any atom is 0.647 e. The number of nitrogens with one attached hydrogen (secondary N) is 1. The van der Waals surface area contributed by atoms with E-state index in [0.29, 0.717) is 22.4 Å². The lowest BCUT2D eigenvalue weighted by Crippen LogP contribution is -2.45. The molecule has 13 heteroatoms. The maximum atomic E-state index is 13.2. The van der Waals surface area contributed by atoms with Gasteiger partial charge in [0.25, 0.3) is 0 Å². The largest absolute Gasteiger partial charge is 0.647 e. The fraction of sp³-hybridized carbons (Fsp3) is 0.350. The molecule has 2 aromatic rings. The molecule has 0 radical (unpaired) electrons. The normalized spacial score (nSPS) is 20.5. The van der Waals surface area contributed by atoms with Crippen LogP contribution in [0.5, 0.6) is 0 Å². The minimum atomic E-state index is -5.01. The molecule has 3 rings (SSSR count). The van der Waals surface area contributed by atoms with Crippen LogP contribution in [0.3, 0.4) is 0 Å². The second kappa shape index (κ2) is 8.92. The summed E-state index contributed by atoms with van der Waals surface area (Å²) in [5.74, 6) is 0. The average molecular weight is 495 g/mol. The van der Waals surface area contributed by atoms with E-state index in [4.69, 9.17) is 4.74 Å². The molecule has 1 fully saturated rings. The Morgan fingerprint density at radius 2 is 1.64 bits per heavy atom. The lowest BCUT2D eigenvalue weighted by Gasteiger charge is -2.29. The van der Waals surface area contributed by atoms with Crippen LogP contribution in [-0.4, -0.2) is 28.7 Å². The Hall–Kier alpha value is -2.69. The van der Waals surface area contributed by atoms with Crippen LogP contribution in [0.2, 0.25) is 0 Å². The van der Waals surface area contributed by atoms with Gasteiger partial charge in [0, 0.05) is 0 Å². The Morgan fingerprint density at radius 3 is 2.09 bits per heavy atom. The van der Waals surface area contributed by atoms with E-state index in [2.05, 4.69) is 5.32 Å². The van der Waals surface area contributed by atoms with E-state index in [-0.39, 0.29) is 24.8 Å². The molecule has 0 aliphatic carbocycles. The summed E-state index contributed by atoms with van der Waals surface area (Å²) in [5.41, 5.74) is -4.19. The number of carbonyl (C=O) groups is 1. The van der Waals surface area contributed by atoms with Crippen LogP contribution in [0.4, 0.5) is 31.1 Å². The van der Waals surface area contributed by atoms with Crippen molar-refractivity contribution in [2.45, 2.75) is 30.9 Å². The molecule has 0 bridgehead atoms. The summed E-state index contributed by atoms with van der Waals surface area (Å²) >= 11 is 0. The van der Waals surface area contributed by atoms with Gasteiger partial charge < -0.3 is 10.1 Å². The summed E-state index contributed by atoms with van der Waals surface area (Å²) in [6.45, 7) is 0.585. The van der Waals surface area contributed by atoms with Crippen LogP contribution in [0.15, 0.2) is 48.5 Å². The van der Waals surface area contributed by atoms with E-state index in [9.17, 15) is 40.6 Å². The van der Waals surface area contributed by atoms with Gasteiger partial charge in [-0.05, 0) is 40.8 Å². The summed E-state index contributed by atoms with van der Waals surface area (Å²) in [4.78, 5) is 21.6. The van der Waals surface area contributed by atoms with E-state index in [1.54, 1.807) is 30.3 Å². The maximum absolute atomic E-state index is 13.2. The van der Waals surface area contributed by atoms with Gasteiger partial charge in [-0.2, -0.15) is 26.3 Å². The minimum Gasteiger partial charge on any atom is -0.371 e. The fourth-order valence-corrected chi connectivity index (χ4v) is 4.01. The third kappa shape index (κ3) is 5.45. The van der Waals surface area contributed by atoms with Gasteiger partial charge in [0.1, 0.15) is 12.1 Å². The first-order chi connectivity index (χ1) is 15.2.